The molecule has 0 saturated carbocycles. The smallest absolute Gasteiger partial charge is 0.338 e. The minimum Gasteiger partial charge on any atom is -0.494 e. The first-order valence-electron chi connectivity index (χ1n) is 6.11. The molecule has 0 amide bonds. The molecule has 0 fully saturated rings. The summed E-state index contributed by atoms with van der Waals surface area (Å²) in [6, 6.07) is 2.57. The molecule has 0 aliphatic rings. The van der Waals surface area contributed by atoms with Crippen LogP contribution in [0.5, 0.6) is 5.75 Å². The summed E-state index contributed by atoms with van der Waals surface area (Å²) in [5.74, 6) is -0.438. The molecule has 1 rings (SSSR count). The van der Waals surface area contributed by atoms with Crippen LogP contribution in [0.15, 0.2) is 21.5 Å². The summed E-state index contributed by atoms with van der Waals surface area (Å²) in [5, 5.41) is 0. The zero-order valence-corrected chi connectivity index (χ0v) is 15.2. The summed E-state index contributed by atoms with van der Waals surface area (Å²) < 4.78 is 33.7. The highest BCUT2D eigenvalue weighted by molar-refractivity contribution is 9.10. The first-order chi connectivity index (χ1) is 9.57. The van der Waals surface area contributed by atoms with Gasteiger partial charge in [0.25, 0.3) is 9.05 Å². The Bertz CT molecular complexity index is 642. The third-order valence-corrected chi connectivity index (χ3v) is 4.86. The van der Waals surface area contributed by atoms with E-state index in [1.807, 2.05) is 13.8 Å². The van der Waals surface area contributed by atoms with Gasteiger partial charge in [-0.3, -0.25) is 0 Å². The fourth-order valence-corrected chi connectivity index (χ4v) is 3.22. The lowest BCUT2D eigenvalue weighted by Gasteiger charge is -2.17. The van der Waals surface area contributed by atoms with Crippen LogP contribution in [0.4, 0.5) is 0 Å². The zero-order chi connectivity index (χ0) is 16.4. The van der Waals surface area contributed by atoms with Crippen molar-refractivity contribution in [1.29, 1.82) is 0 Å². The van der Waals surface area contributed by atoms with E-state index in [9.17, 15) is 13.2 Å². The van der Waals surface area contributed by atoms with E-state index in [4.69, 9.17) is 20.2 Å². The topological polar surface area (TPSA) is 69.7 Å². The second-order valence-corrected chi connectivity index (χ2v) is 8.17. The van der Waals surface area contributed by atoms with Gasteiger partial charge in [0.1, 0.15) is 11.0 Å². The summed E-state index contributed by atoms with van der Waals surface area (Å²) in [6.45, 7) is 5.59. The highest BCUT2D eigenvalue weighted by Crippen LogP contribution is 2.35. The van der Waals surface area contributed by atoms with Crippen molar-refractivity contribution in [3.63, 3.8) is 0 Å². The fraction of sp³-hybridized carbons (Fsp3) is 0.462. The molecule has 0 spiro atoms. The van der Waals surface area contributed by atoms with E-state index >= 15 is 0 Å². The van der Waals surface area contributed by atoms with Gasteiger partial charge < -0.3 is 9.47 Å². The first kappa shape index (κ1) is 18.3. The predicted octanol–water partition coefficient (Wildman–Crippen LogP) is 3.59. The average molecular weight is 400 g/mol. The van der Waals surface area contributed by atoms with Crippen LogP contribution in [0.2, 0.25) is 0 Å². The monoisotopic (exact) mass is 398 g/mol. The van der Waals surface area contributed by atoms with Crippen LogP contribution in [0.1, 0.15) is 31.1 Å². The fourth-order valence-electron chi connectivity index (χ4n) is 1.44. The molecule has 1 aromatic carbocycles. The molecule has 0 bridgehead atoms. The predicted molar refractivity (Wildman–Crippen MR) is 83.4 cm³/mol. The van der Waals surface area contributed by atoms with Crippen molar-refractivity contribution in [3.05, 3.63) is 22.2 Å². The standard InChI is InChI=1S/C13H16BrClO5S/c1-7(2)8(3)20-13(16)9-5-10(14)12(19-4)11(6-9)21(15,17)18/h5-8H,1-4H3. The lowest BCUT2D eigenvalue weighted by atomic mass is 10.1. The Kier molecular flexibility index (Phi) is 6.07. The second kappa shape index (κ2) is 6.98. The molecule has 0 aliphatic heterocycles. The Labute approximate surface area is 137 Å². The molecule has 1 aromatic rings. The summed E-state index contributed by atoms with van der Waals surface area (Å²) in [6.07, 6.45) is -0.297. The van der Waals surface area contributed by atoms with Crippen LogP contribution < -0.4 is 4.74 Å². The molecule has 0 N–H and O–H groups in total. The number of esters is 1. The number of hydrogen-bond donors (Lipinski definition) is 0. The molecule has 0 saturated heterocycles. The quantitative estimate of drug-likeness (QED) is 0.559. The maximum absolute atomic E-state index is 12.1. The summed E-state index contributed by atoms with van der Waals surface area (Å²) in [4.78, 5) is 11.8. The maximum Gasteiger partial charge on any atom is 0.338 e. The van der Waals surface area contributed by atoms with Crippen molar-refractivity contribution in [2.45, 2.75) is 31.8 Å². The van der Waals surface area contributed by atoms with E-state index in [1.165, 1.54) is 13.2 Å². The molecule has 118 valence electrons. The van der Waals surface area contributed by atoms with Crippen LogP contribution in [0.25, 0.3) is 0 Å². The number of hydrogen-bond acceptors (Lipinski definition) is 5. The minimum absolute atomic E-state index is 0.0402. The van der Waals surface area contributed by atoms with Gasteiger partial charge in [-0.25, -0.2) is 13.2 Å². The number of halogens is 2. The second-order valence-electron chi connectivity index (χ2n) is 4.78. The number of ether oxygens (including phenoxy) is 2. The molecule has 0 aromatic heterocycles. The van der Waals surface area contributed by atoms with E-state index < -0.39 is 15.0 Å². The van der Waals surface area contributed by atoms with E-state index in [1.54, 1.807) is 6.92 Å². The molecule has 0 radical (unpaired) electrons. The highest BCUT2D eigenvalue weighted by atomic mass is 79.9. The Balaban J connectivity index is 3.28. The van der Waals surface area contributed by atoms with Crippen molar-refractivity contribution in [3.8, 4) is 5.75 Å². The summed E-state index contributed by atoms with van der Waals surface area (Å²) >= 11 is 3.16. The van der Waals surface area contributed by atoms with Gasteiger partial charge in [0.15, 0.2) is 5.75 Å². The molecule has 0 aliphatic carbocycles. The van der Waals surface area contributed by atoms with E-state index in [2.05, 4.69) is 15.9 Å². The van der Waals surface area contributed by atoms with Crippen molar-refractivity contribution >= 4 is 41.6 Å². The molecule has 21 heavy (non-hydrogen) atoms. The number of benzene rings is 1. The highest BCUT2D eigenvalue weighted by Gasteiger charge is 2.24. The zero-order valence-electron chi connectivity index (χ0n) is 12.0. The molecule has 8 heteroatoms. The number of methoxy groups -OCH3 is 1. The number of carbonyl (C=O) groups is 1. The van der Waals surface area contributed by atoms with Crippen LogP contribution in [0, 0.1) is 5.92 Å². The Morgan fingerprint density at radius 1 is 1.29 bits per heavy atom. The average Bonchev–Trinajstić information content (AvgIpc) is 2.36. The molecular weight excluding hydrogens is 384 g/mol. The van der Waals surface area contributed by atoms with E-state index in [-0.39, 0.29) is 28.2 Å². The normalized spacial score (nSPS) is 13.1. The lowest BCUT2D eigenvalue weighted by Crippen LogP contribution is -2.20. The maximum atomic E-state index is 12.1. The van der Waals surface area contributed by atoms with Gasteiger partial charge in [0.05, 0.1) is 17.1 Å². The van der Waals surface area contributed by atoms with Gasteiger partial charge in [-0.2, -0.15) is 0 Å². The Morgan fingerprint density at radius 2 is 1.86 bits per heavy atom. The Hall–Kier alpha value is -0.790. The largest absolute Gasteiger partial charge is 0.494 e. The van der Waals surface area contributed by atoms with Crippen molar-refractivity contribution in [2.24, 2.45) is 5.92 Å². The lowest BCUT2D eigenvalue weighted by molar-refractivity contribution is 0.0237. The van der Waals surface area contributed by atoms with Crippen LogP contribution in [0.3, 0.4) is 0 Å². The number of rotatable bonds is 5. The van der Waals surface area contributed by atoms with Gasteiger partial charge in [-0.05, 0) is 40.9 Å². The Morgan fingerprint density at radius 3 is 2.29 bits per heavy atom. The van der Waals surface area contributed by atoms with Gasteiger partial charge in [-0.15, -0.1) is 0 Å². The first-order valence-corrected chi connectivity index (χ1v) is 9.21. The van der Waals surface area contributed by atoms with Gasteiger partial charge >= 0.3 is 5.97 Å². The van der Waals surface area contributed by atoms with Gasteiger partial charge in [-0.1, -0.05) is 13.8 Å². The molecule has 0 heterocycles. The van der Waals surface area contributed by atoms with Crippen LogP contribution in [-0.4, -0.2) is 27.6 Å². The van der Waals surface area contributed by atoms with E-state index in [0.29, 0.717) is 4.47 Å². The van der Waals surface area contributed by atoms with Gasteiger partial charge in [0.2, 0.25) is 0 Å². The third kappa shape index (κ3) is 4.59. The number of carbonyl (C=O) groups excluding carboxylic acids is 1. The van der Waals surface area contributed by atoms with Crippen LogP contribution >= 0.6 is 26.6 Å². The van der Waals surface area contributed by atoms with Crippen molar-refractivity contribution in [2.75, 3.05) is 7.11 Å². The summed E-state index contributed by atoms with van der Waals surface area (Å²) in [7, 11) is 2.62. The third-order valence-electron chi connectivity index (χ3n) is 2.94. The van der Waals surface area contributed by atoms with Crippen LogP contribution in [-0.2, 0) is 13.8 Å². The van der Waals surface area contributed by atoms with E-state index in [0.717, 1.165) is 6.07 Å². The SMILES string of the molecule is COc1c(Br)cc(C(=O)OC(C)C(C)C)cc1S(=O)(=O)Cl. The molecule has 5 nitrogen and oxygen atoms in total. The molecule has 1 unspecified atom stereocenters. The molecular formula is C13H16BrClO5S. The minimum atomic E-state index is -4.06. The van der Waals surface area contributed by atoms with Gasteiger partial charge in [0, 0.05) is 10.7 Å². The van der Waals surface area contributed by atoms with Crippen molar-refractivity contribution < 1.29 is 22.7 Å². The summed E-state index contributed by atoms with van der Waals surface area (Å²) in [5.41, 5.74) is 0.0781. The van der Waals surface area contributed by atoms with Crippen molar-refractivity contribution in [1.82, 2.24) is 0 Å². The molecule has 1 atom stereocenters.